The Morgan fingerprint density at radius 3 is 1.61 bits per heavy atom. The van der Waals surface area contributed by atoms with E-state index in [0.717, 1.165) is 6.42 Å². The zero-order valence-electron chi connectivity index (χ0n) is 19.8. The Morgan fingerprint density at radius 2 is 1.25 bits per heavy atom. The molecule has 0 aliphatic heterocycles. The topological polar surface area (TPSA) is 9.23 Å². The van der Waals surface area contributed by atoms with Crippen molar-refractivity contribution in [3.8, 4) is 0 Å². The second-order valence-electron chi connectivity index (χ2n) is 9.09. The van der Waals surface area contributed by atoms with E-state index in [1.54, 1.807) is 0 Å². The van der Waals surface area contributed by atoms with E-state index in [0.29, 0.717) is 0 Å². The third-order valence-electron chi connectivity index (χ3n) is 5.39. The van der Waals surface area contributed by atoms with Gasteiger partial charge in [-0.15, -0.1) is 0 Å². The third-order valence-corrected chi connectivity index (χ3v) is 11.1. The Bertz CT molecular complexity index is 552. The highest BCUT2D eigenvalue weighted by atomic mass is 31.2. The molecule has 0 spiro atoms. The molecule has 0 aliphatic rings. The van der Waals surface area contributed by atoms with E-state index in [2.05, 4.69) is 77.7 Å². The molecule has 0 atom stereocenters. The van der Waals surface area contributed by atoms with E-state index in [1.165, 1.54) is 73.6 Å². The minimum Gasteiger partial charge on any atom is -0.520 e. The Balaban J connectivity index is 3.65. The normalized spacial score (nSPS) is 13.4. The molecule has 160 valence electrons. The average Bonchev–Trinajstić information content (AvgIpc) is 2.67. The lowest BCUT2D eigenvalue weighted by Gasteiger charge is -2.35. The summed E-state index contributed by atoms with van der Waals surface area (Å²) in [6.07, 6.45) is 13.1. The molecule has 1 rings (SSSR count). The molecule has 1 nitrogen and oxygen atoms in total. The highest BCUT2D eigenvalue weighted by Gasteiger charge is 2.45. The predicted molar refractivity (Wildman–Crippen MR) is 134 cm³/mol. The maximum atomic E-state index is 7.07. The van der Waals surface area contributed by atoms with E-state index in [1.807, 2.05) is 0 Å². The molecule has 0 N–H and O–H groups in total. The first-order valence-electron chi connectivity index (χ1n) is 11.7. The first kappa shape index (κ1) is 25.4. The van der Waals surface area contributed by atoms with Gasteiger partial charge in [0.1, 0.15) is 0 Å². The largest absolute Gasteiger partial charge is 0.520 e. The van der Waals surface area contributed by atoms with Crippen LogP contribution >= 0.6 is 7.26 Å². The lowest BCUT2D eigenvalue weighted by molar-refractivity contribution is 0.457. The van der Waals surface area contributed by atoms with E-state index >= 15 is 0 Å². The molecule has 0 aromatic heterocycles. The Kier molecular flexibility index (Phi) is 11.7. The van der Waals surface area contributed by atoms with E-state index in [-0.39, 0.29) is 0 Å². The molecule has 0 saturated carbocycles. The second kappa shape index (κ2) is 12.9. The van der Waals surface area contributed by atoms with Gasteiger partial charge in [0.05, 0.1) is 25.7 Å². The molecule has 0 heterocycles. The minimum atomic E-state index is -1.69. The number of rotatable bonds is 14. The average molecular weight is 422 g/mol. The zero-order chi connectivity index (χ0) is 21.0. The maximum Gasteiger partial charge on any atom is 0.246 e. The molecule has 3 heteroatoms. The van der Waals surface area contributed by atoms with Crippen molar-refractivity contribution in [1.29, 1.82) is 0 Å². The molecule has 0 aliphatic carbocycles. The summed E-state index contributed by atoms with van der Waals surface area (Å²) in [5.41, 5.74) is 4.35. The zero-order valence-corrected chi connectivity index (χ0v) is 21.7. The van der Waals surface area contributed by atoms with Crippen LogP contribution in [0.4, 0.5) is 0 Å². The Hall–Kier alpha value is -0.593. The van der Waals surface area contributed by atoms with Crippen LogP contribution in [-0.2, 0) is 4.43 Å². The molecule has 0 saturated heterocycles. The van der Waals surface area contributed by atoms with Gasteiger partial charge in [0.15, 0.2) is 0 Å². The highest BCUT2D eigenvalue weighted by molar-refractivity contribution is 7.79. The molecular formula is C25H46OPSi+. The van der Waals surface area contributed by atoms with Crippen LogP contribution in [0.3, 0.4) is 0 Å². The number of unbranched alkanes of at least 4 members (excludes halogenated alkanes) is 3. The standard InChI is InChI=1S/C25H46OPSi/c1-8-12-20-27(21-13-9-2,22-14-10-3)25(26-28(5,6)7)24(11-4)23-18-16-15-17-19-23/h15-19H,8-14,20-22H2,1-7H3/q+1/b25-24-. The molecular weight excluding hydrogens is 375 g/mol. The highest BCUT2D eigenvalue weighted by Crippen LogP contribution is 2.69. The number of benzene rings is 1. The maximum absolute atomic E-state index is 7.07. The molecule has 0 unspecified atom stereocenters. The summed E-state index contributed by atoms with van der Waals surface area (Å²) in [5, 5.41) is 0. The van der Waals surface area contributed by atoms with Crippen molar-refractivity contribution in [2.75, 3.05) is 18.5 Å². The fourth-order valence-electron chi connectivity index (χ4n) is 3.88. The van der Waals surface area contributed by atoms with Crippen molar-refractivity contribution < 1.29 is 4.43 Å². The summed E-state index contributed by atoms with van der Waals surface area (Å²) >= 11 is 0. The van der Waals surface area contributed by atoms with Crippen LogP contribution in [-0.4, -0.2) is 26.8 Å². The quantitative estimate of drug-likeness (QED) is 0.165. The molecule has 0 fully saturated rings. The van der Waals surface area contributed by atoms with Gasteiger partial charge in [-0.1, -0.05) is 77.3 Å². The van der Waals surface area contributed by atoms with Crippen molar-refractivity contribution >= 4 is 21.2 Å². The van der Waals surface area contributed by atoms with Gasteiger partial charge < -0.3 is 4.43 Å². The van der Waals surface area contributed by atoms with Crippen LogP contribution in [0.2, 0.25) is 19.6 Å². The minimum absolute atomic E-state index is 1.07. The van der Waals surface area contributed by atoms with Crippen LogP contribution in [0.25, 0.3) is 5.57 Å². The van der Waals surface area contributed by atoms with Gasteiger partial charge in [-0.3, -0.25) is 0 Å². The summed E-state index contributed by atoms with van der Waals surface area (Å²) in [7, 11) is -2.99. The van der Waals surface area contributed by atoms with Crippen LogP contribution in [0.1, 0.15) is 78.2 Å². The Morgan fingerprint density at radius 1 is 0.786 bits per heavy atom. The summed E-state index contributed by atoms with van der Waals surface area (Å²) in [6.45, 7) is 16.4. The van der Waals surface area contributed by atoms with Crippen molar-refractivity contribution in [2.24, 2.45) is 0 Å². The summed E-state index contributed by atoms with van der Waals surface area (Å²) < 4.78 is 7.07. The van der Waals surface area contributed by atoms with Crippen LogP contribution in [0.5, 0.6) is 0 Å². The Labute approximate surface area is 177 Å². The first-order chi connectivity index (χ1) is 13.3. The predicted octanol–water partition coefficient (Wildman–Crippen LogP) is 9.03. The van der Waals surface area contributed by atoms with Crippen molar-refractivity contribution in [1.82, 2.24) is 0 Å². The van der Waals surface area contributed by atoms with Crippen molar-refractivity contribution in [3.63, 3.8) is 0 Å². The fraction of sp³-hybridized carbons (Fsp3) is 0.680. The van der Waals surface area contributed by atoms with Gasteiger partial charge >= 0.3 is 0 Å². The molecule has 28 heavy (non-hydrogen) atoms. The van der Waals surface area contributed by atoms with Gasteiger partial charge in [-0.2, -0.15) is 0 Å². The number of allylic oxidation sites excluding steroid dienone is 1. The SMILES string of the molecule is CCCC[P+](CCCC)(CCCC)/C(O[Si](C)(C)C)=C(/CC)c1ccccc1. The van der Waals surface area contributed by atoms with E-state index in [9.17, 15) is 0 Å². The summed E-state index contributed by atoms with van der Waals surface area (Å²) in [4.78, 5) is 0. The lowest BCUT2D eigenvalue weighted by Crippen LogP contribution is -2.28. The van der Waals surface area contributed by atoms with Crippen molar-refractivity contribution in [2.45, 2.75) is 92.3 Å². The second-order valence-corrected chi connectivity index (χ2v) is 17.6. The van der Waals surface area contributed by atoms with E-state index in [4.69, 9.17) is 4.43 Å². The first-order valence-corrected chi connectivity index (χ1v) is 17.4. The number of hydrogen-bond donors (Lipinski definition) is 0. The fourth-order valence-corrected chi connectivity index (χ4v) is 11.1. The van der Waals surface area contributed by atoms with E-state index < -0.39 is 15.6 Å². The lowest BCUT2D eigenvalue weighted by atomic mass is 10.1. The van der Waals surface area contributed by atoms with Gasteiger partial charge in [-0.05, 0) is 50.9 Å². The van der Waals surface area contributed by atoms with Gasteiger partial charge in [0, 0.05) is 5.57 Å². The van der Waals surface area contributed by atoms with Crippen LogP contribution in [0.15, 0.2) is 35.8 Å². The molecule has 0 bridgehead atoms. The number of hydrogen-bond acceptors (Lipinski definition) is 1. The van der Waals surface area contributed by atoms with Crippen LogP contribution < -0.4 is 0 Å². The summed E-state index contributed by atoms with van der Waals surface area (Å²) in [6, 6.07) is 11.1. The molecule has 0 radical (unpaired) electrons. The van der Waals surface area contributed by atoms with Gasteiger partial charge in [0.25, 0.3) is 0 Å². The monoisotopic (exact) mass is 421 g/mol. The van der Waals surface area contributed by atoms with Crippen LogP contribution in [0, 0.1) is 0 Å². The summed E-state index contributed by atoms with van der Waals surface area (Å²) in [5.74, 6) is 0. The smallest absolute Gasteiger partial charge is 0.246 e. The van der Waals surface area contributed by atoms with Crippen molar-refractivity contribution in [3.05, 3.63) is 41.4 Å². The molecule has 0 amide bonds. The van der Waals surface area contributed by atoms with Gasteiger partial charge in [-0.25, -0.2) is 0 Å². The molecule has 1 aromatic rings. The third kappa shape index (κ3) is 8.03. The van der Waals surface area contributed by atoms with Gasteiger partial charge in [0.2, 0.25) is 13.8 Å². The molecule has 1 aromatic carbocycles.